The van der Waals surface area contributed by atoms with Crippen LogP contribution in [-0.2, 0) is 6.54 Å². The molecule has 2 rings (SSSR count). The Hall–Kier alpha value is -2.30. The van der Waals surface area contributed by atoms with E-state index < -0.39 is 5.97 Å². The molecule has 0 saturated carbocycles. The van der Waals surface area contributed by atoms with Gasteiger partial charge in [-0.05, 0) is 30.7 Å². The van der Waals surface area contributed by atoms with E-state index in [0.29, 0.717) is 11.4 Å². The van der Waals surface area contributed by atoms with Crippen LogP contribution in [0.2, 0.25) is 0 Å². The summed E-state index contributed by atoms with van der Waals surface area (Å²) in [5, 5.41) is 11.6. The molecular weight excluding hydrogens is 237 g/mol. The number of carboxylic acids is 1. The molecule has 18 heavy (non-hydrogen) atoms. The molecule has 2 N–H and O–H groups in total. The van der Waals surface area contributed by atoms with E-state index in [0.717, 1.165) is 11.8 Å². The van der Waals surface area contributed by atoms with Crippen molar-refractivity contribution in [2.24, 2.45) is 0 Å². The predicted molar refractivity (Wildman–Crippen MR) is 64.1 cm³/mol. The van der Waals surface area contributed by atoms with Crippen molar-refractivity contribution in [2.45, 2.75) is 13.5 Å². The molecular formula is C13H12FNO3. The minimum Gasteiger partial charge on any atom is -0.478 e. The highest BCUT2D eigenvalue weighted by Gasteiger charge is 2.08. The Kier molecular flexibility index (Phi) is 3.32. The van der Waals surface area contributed by atoms with Crippen LogP contribution in [-0.4, -0.2) is 11.1 Å². The number of carboxylic acid groups (broad SMARTS) is 1. The lowest BCUT2D eigenvalue weighted by Gasteiger charge is -2.06. The summed E-state index contributed by atoms with van der Waals surface area (Å²) in [6, 6.07) is 6.25. The van der Waals surface area contributed by atoms with E-state index in [1.54, 1.807) is 19.1 Å². The van der Waals surface area contributed by atoms with Crippen molar-refractivity contribution in [1.82, 2.24) is 0 Å². The van der Waals surface area contributed by atoms with Gasteiger partial charge in [0.05, 0.1) is 17.8 Å². The molecule has 0 aliphatic heterocycles. The minimum absolute atomic E-state index is 0.0798. The van der Waals surface area contributed by atoms with E-state index in [-0.39, 0.29) is 17.9 Å². The van der Waals surface area contributed by atoms with Crippen LogP contribution in [0.25, 0.3) is 0 Å². The van der Waals surface area contributed by atoms with Gasteiger partial charge in [0.25, 0.3) is 0 Å². The SMILES string of the molecule is Cc1ccc(NCc2cc(C(=O)O)co2)c(F)c1. The Bertz CT molecular complexity index is 577. The molecule has 4 nitrogen and oxygen atoms in total. The van der Waals surface area contributed by atoms with Crippen LogP contribution < -0.4 is 5.32 Å². The highest BCUT2D eigenvalue weighted by atomic mass is 19.1. The van der Waals surface area contributed by atoms with E-state index in [1.807, 2.05) is 0 Å². The van der Waals surface area contributed by atoms with E-state index in [1.165, 1.54) is 12.1 Å². The van der Waals surface area contributed by atoms with Gasteiger partial charge in [-0.2, -0.15) is 0 Å². The number of hydrogen-bond acceptors (Lipinski definition) is 3. The first-order valence-corrected chi connectivity index (χ1v) is 5.37. The number of furan rings is 1. The molecule has 1 aromatic carbocycles. The van der Waals surface area contributed by atoms with Crippen molar-refractivity contribution in [2.75, 3.05) is 5.32 Å². The number of aromatic carboxylic acids is 1. The molecule has 1 aromatic heterocycles. The largest absolute Gasteiger partial charge is 0.478 e. The summed E-state index contributed by atoms with van der Waals surface area (Å²) in [6.07, 6.45) is 1.16. The van der Waals surface area contributed by atoms with Gasteiger partial charge in [-0.1, -0.05) is 6.07 Å². The van der Waals surface area contributed by atoms with E-state index >= 15 is 0 Å². The topological polar surface area (TPSA) is 62.5 Å². The molecule has 94 valence electrons. The summed E-state index contributed by atoms with van der Waals surface area (Å²) < 4.78 is 18.5. The zero-order valence-electron chi connectivity index (χ0n) is 9.74. The summed E-state index contributed by atoms with van der Waals surface area (Å²) >= 11 is 0. The third kappa shape index (κ3) is 2.68. The number of anilines is 1. The summed E-state index contributed by atoms with van der Waals surface area (Å²) in [4.78, 5) is 10.6. The third-order valence-electron chi connectivity index (χ3n) is 2.48. The summed E-state index contributed by atoms with van der Waals surface area (Å²) in [7, 11) is 0. The zero-order chi connectivity index (χ0) is 13.1. The van der Waals surface area contributed by atoms with Gasteiger partial charge < -0.3 is 14.8 Å². The monoisotopic (exact) mass is 249 g/mol. The summed E-state index contributed by atoms with van der Waals surface area (Å²) in [6.45, 7) is 2.03. The standard InChI is InChI=1S/C13H12FNO3/c1-8-2-3-12(11(14)4-8)15-6-10-5-9(7-18-10)13(16)17/h2-5,7,15H,6H2,1H3,(H,16,17). The number of halogens is 1. The lowest BCUT2D eigenvalue weighted by molar-refractivity contribution is 0.0696. The van der Waals surface area contributed by atoms with Crippen LogP contribution in [0.5, 0.6) is 0 Å². The van der Waals surface area contributed by atoms with Gasteiger partial charge in [-0.15, -0.1) is 0 Å². The van der Waals surface area contributed by atoms with Gasteiger partial charge in [-0.25, -0.2) is 9.18 Å². The molecule has 0 fully saturated rings. The quantitative estimate of drug-likeness (QED) is 0.874. The van der Waals surface area contributed by atoms with Gasteiger partial charge in [0.15, 0.2) is 0 Å². The number of benzene rings is 1. The Balaban J connectivity index is 2.04. The van der Waals surface area contributed by atoms with Crippen LogP contribution in [0, 0.1) is 12.7 Å². The zero-order valence-corrected chi connectivity index (χ0v) is 9.74. The van der Waals surface area contributed by atoms with Gasteiger partial charge in [0.2, 0.25) is 0 Å². The number of carbonyl (C=O) groups is 1. The van der Waals surface area contributed by atoms with E-state index in [9.17, 15) is 9.18 Å². The van der Waals surface area contributed by atoms with Crippen LogP contribution in [0.3, 0.4) is 0 Å². The van der Waals surface area contributed by atoms with Crippen LogP contribution in [0.4, 0.5) is 10.1 Å². The molecule has 5 heteroatoms. The smallest absolute Gasteiger partial charge is 0.338 e. The first-order valence-electron chi connectivity index (χ1n) is 5.37. The van der Waals surface area contributed by atoms with Crippen molar-refractivity contribution < 1.29 is 18.7 Å². The minimum atomic E-state index is -1.05. The number of nitrogens with one attached hydrogen (secondary N) is 1. The second-order valence-corrected chi connectivity index (χ2v) is 3.94. The number of rotatable bonds is 4. The number of aryl methyl sites for hydroxylation is 1. The average molecular weight is 249 g/mol. The fourth-order valence-electron chi connectivity index (χ4n) is 1.53. The molecule has 0 radical (unpaired) electrons. The van der Waals surface area contributed by atoms with Crippen molar-refractivity contribution in [1.29, 1.82) is 0 Å². The van der Waals surface area contributed by atoms with Crippen molar-refractivity contribution in [3.8, 4) is 0 Å². The van der Waals surface area contributed by atoms with Crippen molar-refractivity contribution in [3.63, 3.8) is 0 Å². The van der Waals surface area contributed by atoms with Crippen molar-refractivity contribution >= 4 is 11.7 Å². The highest BCUT2D eigenvalue weighted by molar-refractivity contribution is 5.87. The van der Waals surface area contributed by atoms with Crippen LogP contribution in [0.15, 0.2) is 34.9 Å². The fourth-order valence-corrected chi connectivity index (χ4v) is 1.53. The molecule has 2 aromatic rings. The van der Waals surface area contributed by atoms with Gasteiger partial charge >= 0.3 is 5.97 Å². The molecule has 0 saturated heterocycles. The maximum absolute atomic E-state index is 13.5. The van der Waals surface area contributed by atoms with Crippen LogP contribution in [0.1, 0.15) is 21.7 Å². The van der Waals surface area contributed by atoms with E-state index in [2.05, 4.69) is 5.32 Å². The van der Waals surface area contributed by atoms with Crippen LogP contribution >= 0.6 is 0 Å². The van der Waals surface area contributed by atoms with E-state index in [4.69, 9.17) is 9.52 Å². The Morgan fingerprint density at radius 2 is 2.22 bits per heavy atom. The fraction of sp³-hybridized carbons (Fsp3) is 0.154. The maximum atomic E-state index is 13.5. The van der Waals surface area contributed by atoms with Crippen molar-refractivity contribution in [3.05, 3.63) is 53.2 Å². The number of hydrogen-bond donors (Lipinski definition) is 2. The molecule has 0 unspecified atom stereocenters. The summed E-state index contributed by atoms with van der Waals surface area (Å²) in [5.74, 6) is -0.959. The van der Waals surface area contributed by atoms with Gasteiger partial charge in [-0.3, -0.25) is 0 Å². The second kappa shape index (κ2) is 4.91. The third-order valence-corrected chi connectivity index (χ3v) is 2.48. The first-order chi connectivity index (χ1) is 8.56. The van der Waals surface area contributed by atoms with Gasteiger partial charge in [0, 0.05) is 0 Å². The summed E-state index contributed by atoms with van der Waals surface area (Å²) in [5.41, 5.74) is 1.27. The Labute approximate surface area is 103 Å². The molecule has 0 bridgehead atoms. The van der Waals surface area contributed by atoms with Gasteiger partial charge in [0.1, 0.15) is 17.8 Å². The molecule has 0 aliphatic rings. The normalized spacial score (nSPS) is 10.3. The Morgan fingerprint density at radius 1 is 1.44 bits per heavy atom. The lowest BCUT2D eigenvalue weighted by atomic mass is 10.2. The molecule has 0 aliphatic carbocycles. The second-order valence-electron chi connectivity index (χ2n) is 3.94. The maximum Gasteiger partial charge on any atom is 0.338 e. The first kappa shape index (κ1) is 12.2. The molecule has 0 spiro atoms. The molecule has 0 amide bonds. The lowest BCUT2D eigenvalue weighted by Crippen LogP contribution is -2.01. The molecule has 0 atom stereocenters. The Morgan fingerprint density at radius 3 is 2.83 bits per heavy atom. The predicted octanol–water partition coefficient (Wildman–Crippen LogP) is 3.04. The highest BCUT2D eigenvalue weighted by Crippen LogP contribution is 2.17. The molecule has 1 heterocycles. The average Bonchev–Trinajstić information content (AvgIpc) is 2.76.